The van der Waals surface area contributed by atoms with Gasteiger partial charge in [0.15, 0.2) is 0 Å². The summed E-state index contributed by atoms with van der Waals surface area (Å²) in [5.74, 6) is 1.52. The fourth-order valence-electron chi connectivity index (χ4n) is 1.76. The Labute approximate surface area is 111 Å². The van der Waals surface area contributed by atoms with Crippen molar-refractivity contribution in [2.75, 3.05) is 11.9 Å². The van der Waals surface area contributed by atoms with Crippen LogP contribution in [-0.2, 0) is 13.5 Å². The van der Waals surface area contributed by atoms with E-state index in [0.29, 0.717) is 18.2 Å². The van der Waals surface area contributed by atoms with Gasteiger partial charge < -0.3 is 10.3 Å². The number of nitrogens with one attached hydrogen (secondary N) is 2. The van der Waals surface area contributed by atoms with Crippen LogP contribution in [0.5, 0.6) is 0 Å². The summed E-state index contributed by atoms with van der Waals surface area (Å²) in [7, 11) is 1.89. The zero-order valence-corrected chi connectivity index (χ0v) is 11.5. The van der Waals surface area contributed by atoms with E-state index in [9.17, 15) is 4.79 Å². The fourth-order valence-corrected chi connectivity index (χ4v) is 1.76. The highest BCUT2D eigenvalue weighted by Crippen LogP contribution is 2.09. The Kier molecular flexibility index (Phi) is 3.99. The van der Waals surface area contributed by atoms with Crippen molar-refractivity contribution in [3.8, 4) is 0 Å². The third kappa shape index (κ3) is 3.67. The Balaban J connectivity index is 1.97. The Morgan fingerprint density at radius 2 is 2.26 bits per heavy atom. The van der Waals surface area contributed by atoms with Crippen molar-refractivity contribution >= 4 is 5.82 Å². The molecule has 0 saturated carbocycles. The summed E-state index contributed by atoms with van der Waals surface area (Å²) in [6, 6.07) is 3.46. The lowest BCUT2D eigenvalue weighted by atomic mass is 10.2. The molecule has 0 aliphatic rings. The molecule has 0 spiro atoms. The lowest BCUT2D eigenvalue weighted by molar-refractivity contribution is 0.740. The van der Waals surface area contributed by atoms with Crippen molar-refractivity contribution < 1.29 is 0 Å². The molecule has 0 aliphatic heterocycles. The Hall–Kier alpha value is -2.11. The van der Waals surface area contributed by atoms with Gasteiger partial charge in [0.2, 0.25) is 0 Å². The van der Waals surface area contributed by atoms with E-state index in [1.807, 2.05) is 33.2 Å². The van der Waals surface area contributed by atoms with Crippen molar-refractivity contribution in [1.29, 1.82) is 0 Å². The molecule has 0 bridgehead atoms. The molecule has 2 N–H and O–H groups in total. The van der Waals surface area contributed by atoms with Crippen LogP contribution in [-0.4, -0.2) is 26.3 Å². The van der Waals surface area contributed by atoms with Gasteiger partial charge in [-0.05, 0) is 6.07 Å². The molecule has 0 unspecified atom stereocenters. The summed E-state index contributed by atoms with van der Waals surface area (Å²) in [5.41, 5.74) is 0.892. The normalized spacial score (nSPS) is 10.9. The van der Waals surface area contributed by atoms with E-state index in [-0.39, 0.29) is 11.5 Å². The second-order valence-electron chi connectivity index (χ2n) is 4.83. The topological polar surface area (TPSA) is 75.6 Å². The van der Waals surface area contributed by atoms with Gasteiger partial charge in [0, 0.05) is 38.2 Å². The number of aromatic amines is 1. The van der Waals surface area contributed by atoms with Crippen molar-refractivity contribution in [3.05, 3.63) is 40.2 Å². The molecule has 102 valence electrons. The largest absolute Gasteiger partial charge is 0.369 e. The van der Waals surface area contributed by atoms with Crippen LogP contribution in [0.1, 0.15) is 31.3 Å². The molecule has 2 heterocycles. The highest BCUT2D eigenvalue weighted by molar-refractivity contribution is 5.33. The van der Waals surface area contributed by atoms with Gasteiger partial charge in [0.05, 0.1) is 5.69 Å². The zero-order valence-electron chi connectivity index (χ0n) is 11.5. The highest BCUT2D eigenvalue weighted by Gasteiger charge is 2.05. The molecule has 0 fully saturated rings. The maximum Gasteiger partial charge on any atom is 0.252 e. The molecular weight excluding hydrogens is 242 g/mol. The van der Waals surface area contributed by atoms with Crippen LogP contribution >= 0.6 is 0 Å². The van der Waals surface area contributed by atoms with Gasteiger partial charge in [0.1, 0.15) is 11.6 Å². The minimum Gasteiger partial charge on any atom is -0.369 e. The first-order valence-corrected chi connectivity index (χ1v) is 6.38. The number of H-pyrrole nitrogens is 1. The van der Waals surface area contributed by atoms with E-state index in [1.54, 1.807) is 4.68 Å². The SMILES string of the molecule is CC(C)c1nc(NCCc2ccn(C)n2)cc(=O)[nH]1. The lowest BCUT2D eigenvalue weighted by Crippen LogP contribution is -2.15. The molecule has 2 rings (SSSR count). The summed E-state index contributed by atoms with van der Waals surface area (Å²) in [4.78, 5) is 18.6. The summed E-state index contributed by atoms with van der Waals surface area (Å²) >= 11 is 0. The van der Waals surface area contributed by atoms with E-state index in [4.69, 9.17) is 0 Å². The first-order chi connectivity index (χ1) is 9.04. The Morgan fingerprint density at radius 3 is 2.89 bits per heavy atom. The number of aryl methyl sites for hydroxylation is 1. The molecule has 2 aromatic rings. The monoisotopic (exact) mass is 261 g/mol. The Morgan fingerprint density at radius 1 is 1.47 bits per heavy atom. The van der Waals surface area contributed by atoms with Crippen LogP contribution in [0.25, 0.3) is 0 Å². The van der Waals surface area contributed by atoms with Gasteiger partial charge in [-0.15, -0.1) is 0 Å². The second-order valence-corrected chi connectivity index (χ2v) is 4.83. The van der Waals surface area contributed by atoms with Crippen LogP contribution < -0.4 is 10.9 Å². The molecule has 19 heavy (non-hydrogen) atoms. The summed E-state index contributed by atoms with van der Waals surface area (Å²) in [6.45, 7) is 4.69. The summed E-state index contributed by atoms with van der Waals surface area (Å²) in [5, 5.41) is 7.45. The third-order valence-corrected chi connectivity index (χ3v) is 2.76. The third-order valence-electron chi connectivity index (χ3n) is 2.76. The number of nitrogens with zero attached hydrogens (tertiary/aromatic N) is 3. The minimum atomic E-state index is -0.126. The van der Waals surface area contributed by atoms with E-state index in [2.05, 4.69) is 20.4 Å². The highest BCUT2D eigenvalue weighted by atomic mass is 16.1. The standard InChI is InChI=1S/C13H19N5O/c1-9(2)13-15-11(8-12(19)16-13)14-6-4-10-5-7-18(3)17-10/h5,7-9H,4,6H2,1-3H3,(H2,14,15,16,19). The van der Waals surface area contributed by atoms with Crippen LogP contribution in [0.15, 0.2) is 23.1 Å². The van der Waals surface area contributed by atoms with E-state index < -0.39 is 0 Å². The van der Waals surface area contributed by atoms with Crippen LogP contribution in [0.3, 0.4) is 0 Å². The average Bonchev–Trinajstić information content (AvgIpc) is 2.74. The van der Waals surface area contributed by atoms with Crippen LogP contribution in [0, 0.1) is 0 Å². The van der Waals surface area contributed by atoms with Gasteiger partial charge in [-0.3, -0.25) is 9.48 Å². The van der Waals surface area contributed by atoms with Gasteiger partial charge in [-0.25, -0.2) is 4.98 Å². The molecule has 2 aromatic heterocycles. The number of hydrogen-bond donors (Lipinski definition) is 2. The summed E-state index contributed by atoms with van der Waals surface area (Å²) < 4.78 is 1.78. The minimum absolute atomic E-state index is 0.126. The second kappa shape index (κ2) is 5.69. The predicted octanol–water partition coefficient (Wildman–Crippen LogP) is 1.28. The fraction of sp³-hybridized carbons (Fsp3) is 0.462. The van der Waals surface area contributed by atoms with E-state index in [0.717, 1.165) is 12.1 Å². The van der Waals surface area contributed by atoms with Crippen molar-refractivity contribution in [3.63, 3.8) is 0 Å². The smallest absolute Gasteiger partial charge is 0.252 e. The van der Waals surface area contributed by atoms with Crippen LogP contribution in [0.4, 0.5) is 5.82 Å². The average molecular weight is 261 g/mol. The Bertz CT molecular complexity index is 599. The molecule has 0 aliphatic carbocycles. The van der Waals surface area contributed by atoms with Gasteiger partial charge in [-0.1, -0.05) is 13.8 Å². The lowest BCUT2D eigenvalue weighted by Gasteiger charge is -2.08. The van der Waals surface area contributed by atoms with Crippen molar-refractivity contribution in [2.45, 2.75) is 26.2 Å². The molecule has 6 nitrogen and oxygen atoms in total. The number of anilines is 1. The maximum absolute atomic E-state index is 11.5. The maximum atomic E-state index is 11.5. The molecule has 0 saturated heterocycles. The van der Waals surface area contributed by atoms with Gasteiger partial charge in [-0.2, -0.15) is 5.10 Å². The zero-order chi connectivity index (χ0) is 13.8. The van der Waals surface area contributed by atoms with Crippen molar-refractivity contribution in [2.24, 2.45) is 7.05 Å². The van der Waals surface area contributed by atoms with Gasteiger partial charge >= 0.3 is 0 Å². The number of aromatic nitrogens is 4. The molecule has 0 amide bonds. The van der Waals surface area contributed by atoms with Crippen molar-refractivity contribution in [1.82, 2.24) is 19.7 Å². The first kappa shape index (κ1) is 13.3. The predicted molar refractivity (Wildman–Crippen MR) is 74.3 cm³/mol. The first-order valence-electron chi connectivity index (χ1n) is 6.38. The number of hydrogen-bond acceptors (Lipinski definition) is 4. The van der Waals surface area contributed by atoms with Crippen LogP contribution in [0.2, 0.25) is 0 Å². The quantitative estimate of drug-likeness (QED) is 0.850. The molecular formula is C13H19N5O. The molecule has 0 atom stereocenters. The van der Waals surface area contributed by atoms with E-state index in [1.165, 1.54) is 6.07 Å². The molecule has 0 radical (unpaired) electrons. The molecule has 0 aromatic carbocycles. The van der Waals surface area contributed by atoms with E-state index >= 15 is 0 Å². The summed E-state index contributed by atoms with van der Waals surface area (Å²) in [6.07, 6.45) is 2.71. The number of rotatable bonds is 5. The van der Waals surface area contributed by atoms with Gasteiger partial charge in [0.25, 0.3) is 5.56 Å². The molecule has 6 heteroatoms.